The monoisotopic (exact) mass is 376 g/mol. The number of benzene rings is 2. The summed E-state index contributed by atoms with van der Waals surface area (Å²) in [6.07, 6.45) is 0.888. The highest BCUT2D eigenvalue weighted by atomic mass is 35.5. The maximum atomic E-state index is 10.8. The Morgan fingerprint density at radius 1 is 1.04 bits per heavy atom. The fraction of sp³-hybridized carbons (Fsp3) is 0.350. The largest absolute Gasteiger partial charge is 0.493 e. The van der Waals surface area contributed by atoms with Crippen LogP contribution in [0.15, 0.2) is 42.5 Å². The third-order valence-electron chi connectivity index (χ3n) is 3.77. The smallest absolute Gasteiger partial charge is 0.216 e. The van der Waals surface area contributed by atoms with Gasteiger partial charge in [-0.25, -0.2) is 0 Å². The number of amides is 1. The SMILES string of the molecule is COc1cc(CNCCCNC(C)=O)ccc1OCc1ccc(Cl)cc1. The van der Waals surface area contributed by atoms with Crippen molar-refractivity contribution >= 4 is 17.5 Å². The lowest BCUT2D eigenvalue weighted by atomic mass is 10.2. The van der Waals surface area contributed by atoms with Crippen molar-refractivity contribution in [3.05, 3.63) is 58.6 Å². The Hall–Kier alpha value is -2.24. The number of nitrogens with one attached hydrogen (secondary N) is 2. The zero-order chi connectivity index (χ0) is 18.8. The van der Waals surface area contributed by atoms with Gasteiger partial charge in [-0.05, 0) is 48.4 Å². The van der Waals surface area contributed by atoms with E-state index in [1.165, 1.54) is 6.92 Å². The first kappa shape index (κ1) is 20.1. The fourth-order valence-corrected chi connectivity index (χ4v) is 2.52. The zero-order valence-corrected chi connectivity index (χ0v) is 15.9. The molecule has 26 heavy (non-hydrogen) atoms. The second kappa shape index (κ2) is 10.7. The van der Waals surface area contributed by atoms with Crippen molar-refractivity contribution in [3.63, 3.8) is 0 Å². The molecule has 0 saturated heterocycles. The van der Waals surface area contributed by atoms with Gasteiger partial charge in [0, 0.05) is 25.0 Å². The van der Waals surface area contributed by atoms with Crippen LogP contribution in [0.4, 0.5) is 0 Å². The van der Waals surface area contributed by atoms with Gasteiger partial charge >= 0.3 is 0 Å². The quantitative estimate of drug-likeness (QED) is 0.623. The molecule has 0 fully saturated rings. The normalized spacial score (nSPS) is 10.4. The fourth-order valence-electron chi connectivity index (χ4n) is 2.39. The standard InChI is InChI=1S/C20H25ClN2O3/c1-15(24)23-11-3-10-22-13-17-6-9-19(20(12-17)25-2)26-14-16-4-7-18(21)8-5-16/h4-9,12,22H,3,10-11,13-14H2,1-2H3,(H,23,24). The Bertz CT molecular complexity index is 705. The van der Waals surface area contributed by atoms with Gasteiger partial charge in [0.2, 0.25) is 5.91 Å². The highest BCUT2D eigenvalue weighted by Gasteiger charge is 2.06. The number of carbonyl (C=O) groups is 1. The molecule has 1 amide bonds. The minimum atomic E-state index is 0.00363. The van der Waals surface area contributed by atoms with Gasteiger partial charge in [-0.3, -0.25) is 4.79 Å². The van der Waals surface area contributed by atoms with Gasteiger partial charge in [-0.15, -0.1) is 0 Å². The molecule has 0 aliphatic rings. The van der Waals surface area contributed by atoms with Gasteiger partial charge in [0.15, 0.2) is 11.5 Å². The number of hydrogen-bond acceptors (Lipinski definition) is 4. The average Bonchev–Trinajstić information content (AvgIpc) is 2.64. The molecule has 2 N–H and O–H groups in total. The summed E-state index contributed by atoms with van der Waals surface area (Å²) in [6, 6.07) is 13.5. The van der Waals surface area contributed by atoms with E-state index >= 15 is 0 Å². The van der Waals surface area contributed by atoms with Crippen LogP contribution in [-0.4, -0.2) is 26.1 Å². The highest BCUT2D eigenvalue weighted by molar-refractivity contribution is 6.30. The Kier molecular flexibility index (Phi) is 8.25. The number of hydrogen-bond donors (Lipinski definition) is 2. The molecule has 0 unspecified atom stereocenters. The van der Waals surface area contributed by atoms with E-state index in [9.17, 15) is 4.79 Å². The minimum Gasteiger partial charge on any atom is -0.493 e. The predicted molar refractivity (Wildman–Crippen MR) is 104 cm³/mol. The summed E-state index contributed by atoms with van der Waals surface area (Å²) in [4.78, 5) is 10.8. The Morgan fingerprint density at radius 3 is 2.46 bits per heavy atom. The molecule has 2 rings (SSSR count). The topological polar surface area (TPSA) is 59.6 Å². The molecule has 0 aromatic heterocycles. The molecule has 0 bridgehead atoms. The van der Waals surface area contributed by atoms with Crippen molar-refractivity contribution in [3.8, 4) is 11.5 Å². The summed E-state index contributed by atoms with van der Waals surface area (Å²) in [6.45, 7) is 4.22. The summed E-state index contributed by atoms with van der Waals surface area (Å²) in [5, 5.41) is 6.84. The first-order valence-corrected chi connectivity index (χ1v) is 8.95. The van der Waals surface area contributed by atoms with Gasteiger partial charge < -0.3 is 20.1 Å². The van der Waals surface area contributed by atoms with E-state index in [1.807, 2.05) is 42.5 Å². The maximum Gasteiger partial charge on any atom is 0.216 e. The molecule has 2 aromatic carbocycles. The second-order valence-electron chi connectivity index (χ2n) is 5.91. The van der Waals surface area contributed by atoms with Gasteiger partial charge in [0.25, 0.3) is 0 Å². The van der Waals surface area contributed by atoms with Crippen LogP contribution in [0.5, 0.6) is 11.5 Å². The lowest BCUT2D eigenvalue weighted by molar-refractivity contribution is -0.118. The molecule has 0 aliphatic heterocycles. The summed E-state index contributed by atoms with van der Waals surface area (Å²) < 4.78 is 11.3. The first-order valence-electron chi connectivity index (χ1n) is 8.58. The molecule has 0 spiro atoms. The highest BCUT2D eigenvalue weighted by Crippen LogP contribution is 2.29. The summed E-state index contributed by atoms with van der Waals surface area (Å²) >= 11 is 5.89. The molecule has 5 nitrogen and oxygen atoms in total. The third kappa shape index (κ3) is 6.94. The van der Waals surface area contributed by atoms with E-state index in [-0.39, 0.29) is 5.91 Å². The molecule has 0 radical (unpaired) electrons. The van der Waals surface area contributed by atoms with Crippen molar-refractivity contribution < 1.29 is 14.3 Å². The van der Waals surface area contributed by atoms with Crippen LogP contribution in [0.25, 0.3) is 0 Å². The average molecular weight is 377 g/mol. The van der Waals surface area contributed by atoms with Crippen molar-refractivity contribution in [2.24, 2.45) is 0 Å². The van der Waals surface area contributed by atoms with E-state index in [2.05, 4.69) is 10.6 Å². The number of halogens is 1. The Balaban J connectivity index is 1.82. The lowest BCUT2D eigenvalue weighted by Crippen LogP contribution is -2.24. The van der Waals surface area contributed by atoms with E-state index in [0.717, 1.165) is 30.6 Å². The molecular weight excluding hydrogens is 352 g/mol. The molecular formula is C20H25ClN2O3. The van der Waals surface area contributed by atoms with E-state index in [0.29, 0.717) is 29.7 Å². The van der Waals surface area contributed by atoms with Gasteiger partial charge in [0.1, 0.15) is 6.61 Å². The van der Waals surface area contributed by atoms with Crippen LogP contribution in [0.2, 0.25) is 5.02 Å². The lowest BCUT2D eigenvalue weighted by Gasteiger charge is -2.13. The molecule has 0 atom stereocenters. The first-order chi connectivity index (χ1) is 12.6. The molecule has 6 heteroatoms. The van der Waals surface area contributed by atoms with Crippen molar-refractivity contribution in [2.45, 2.75) is 26.5 Å². The van der Waals surface area contributed by atoms with Gasteiger partial charge in [-0.2, -0.15) is 0 Å². The van der Waals surface area contributed by atoms with Crippen molar-refractivity contribution in [1.29, 1.82) is 0 Å². The Labute approximate surface area is 159 Å². The van der Waals surface area contributed by atoms with Gasteiger partial charge in [0.05, 0.1) is 7.11 Å². The molecule has 0 aliphatic carbocycles. The van der Waals surface area contributed by atoms with Crippen LogP contribution in [0.1, 0.15) is 24.5 Å². The molecule has 0 saturated carbocycles. The summed E-state index contributed by atoms with van der Waals surface area (Å²) in [7, 11) is 1.63. The van der Waals surface area contributed by atoms with Crippen LogP contribution in [-0.2, 0) is 17.9 Å². The number of rotatable bonds is 10. The number of methoxy groups -OCH3 is 1. The second-order valence-corrected chi connectivity index (χ2v) is 6.35. The zero-order valence-electron chi connectivity index (χ0n) is 15.2. The minimum absolute atomic E-state index is 0.00363. The van der Waals surface area contributed by atoms with Crippen LogP contribution < -0.4 is 20.1 Å². The van der Waals surface area contributed by atoms with Crippen LogP contribution in [0.3, 0.4) is 0 Å². The number of ether oxygens (including phenoxy) is 2. The van der Waals surface area contributed by atoms with Crippen LogP contribution in [0, 0.1) is 0 Å². The van der Waals surface area contributed by atoms with Gasteiger partial charge in [-0.1, -0.05) is 29.8 Å². The molecule has 140 valence electrons. The van der Waals surface area contributed by atoms with Crippen molar-refractivity contribution in [1.82, 2.24) is 10.6 Å². The third-order valence-corrected chi connectivity index (χ3v) is 4.02. The van der Waals surface area contributed by atoms with E-state index < -0.39 is 0 Å². The van der Waals surface area contributed by atoms with E-state index in [4.69, 9.17) is 21.1 Å². The summed E-state index contributed by atoms with van der Waals surface area (Å²) in [5.74, 6) is 1.41. The Morgan fingerprint density at radius 2 is 1.77 bits per heavy atom. The van der Waals surface area contributed by atoms with Crippen molar-refractivity contribution in [2.75, 3.05) is 20.2 Å². The van der Waals surface area contributed by atoms with E-state index in [1.54, 1.807) is 7.11 Å². The maximum absolute atomic E-state index is 10.8. The van der Waals surface area contributed by atoms with Crippen LogP contribution >= 0.6 is 11.6 Å². The predicted octanol–water partition coefficient (Wildman–Crippen LogP) is 3.54. The summed E-state index contributed by atoms with van der Waals surface area (Å²) in [5.41, 5.74) is 2.15. The number of carbonyl (C=O) groups excluding carboxylic acids is 1. The molecule has 0 heterocycles. The molecule has 2 aromatic rings.